The van der Waals surface area contributed by atoms with E-state index in [1.807, 2.05) is 32.6 Å². The van der Waals surface area contributed by atoms with Gasteiger partial charge in [-0.05, 0) is 40.7 Å². The molecule has 12 heteroatoms. The van der Waals surface area contributed by atoms with Gasteiger partial charge in [-0.3, -0.25) is 0 Å². The summed E-state index contributed by atoms with van der Waals surface area (Å²) < 4.78 is 75.0. The highest BCUT2D eigenvalue weighted by molar-refractivity contribution is 5.80. The number of fused-ring (bicyclic) bond motifs is 1. The number of morpholine rings is 1. The van der Waals surface area contributed by atoms with E-state index in [-0.39, 0.29) is 22.8 Å². The maximum absolute atomic E-state index is 14.6. The monoisotopic (exact) mass is 471 g/mol. The summed E-state index contributed by atoms with van der Waals surface area (Å²) in [6.07, 6.45) is -3.85. The lowest BCUT2D eigenvalue weighted by atomic mass is 9.99. The zero-order chi connectivity index (χ0) is 24.5. The van der Waals surface area contributed by atoms with E-state index in [1.54, 1.807) is 6.92 Å². The normalized spacial score (nSPS) is 18.2. The Hall–Kier alpha value is -3.02. The van der Waals surface area contributed by atoms with Gasteiger partial charge in [0.25, 0.3) is 0 Å². The maximum Gasteiger partial charge on any atom is 0.419 e. The summed E-state index contributed by atoms with van der Waals surface area (Å²) in [5.41, 5.74) is -2.89. The molecule has 33 heavy (non-hydrogen) atoms. The molecule has 0 atom stereocenters. The third-order valence-electron chi connectivity index (χ3n) is 5.25. The lowest BCUT2D eigenvalue weighted by molar-refractivity contribution is -0.140. The first-order valence-electron chi connectivity index (χ1n) is 10.1. The zero-order valence-electron chi connectivity index (χ0n) is 18.6. The molecule has 1 aliphatic rings. The van der Waals surface area contributed by atoms with Gasteiger partial charge in [-0.2, -0.15) is 18.3 Å². The summed E-state index contributed by atoms with van der Waals surface area (Å²) in [5, 5.41) is 13.7. The SMILES string of the molecule is Cc1nn(-c2cc(C(F)(F)F)c(F)c(O)c2F)c2cnc(N3CC(C)(C)OC(C)(C)C3)nc12. The minimum atomic E-state index is -5.15. The number of aromatic hydroxyl groups is 1. The van der Waals surface area contributed by atoms with Crippen molar-refractivity contribution in [2.45, 2.75) is 52.0 Å². The number of nitrogens with zero attached hydrogens (tertiary/aromatic N) is 5. The van der Waals surface area contributed by atoms with Gasteiger partial charge in [0, 0.05) is 13.1 Å². The second-order valence-corrected chi connectivity index (χ2v) is 9.30. The average Bonchev–Trinajstić information content (AvgIpc) is 2.99. The van der Waals surface area contributed by atoms with Crippen LogP contribution in [0.25, 0.3) is 16.7 Å². The Morgan fingerprint density at radius 1 is 1.06 bits per heavy atom. The second kappa shape index (κ2) is 7.24. The van der Waals surface area contributed by atoms with Crippen LogP contribution in [0, 0.1) is 18.6 Å². The van der Waals surface area contributed by atoms with Crippen molar-refractivity contribution in [3.63, 3.8) is 0 Å². The molecule has 2 aromatic heterocycles. The van der Waals surface area contributed by atoms with Crippen LogP contribution in [-0.4, -0.2) is 49.1 Å². The fraction of sp³-hybridized carbons (Fsp3) is 0.476. The number of phenolic OH excluding ortho intramolecular Hbond substituents is 1. The number of aryl methyl sites for hydroxylation is 1. The molecule has 1 aliphatic heterocycles. The number of aromatic nitrogens is 4. The Balaban J connectivity index is 1.84. The van der Waals surface area contributed by atoms with E-state index in [4.69, 9.17) is 4.74 Å². The molecule has 1 saturated heterocycles. The summed E-state index contributed by atoms with van der Waals surface area (Å²) >= 11 is 0. The number of hydrogen-bond acceptors (Lipinski definition) is 6. The number of phenols is 1. The van der Waals surface area contributed by atoms with Gasteiger partial charge in [0.15, 0.2) is 17.4 Å². The zero-order valence-corrected chi connectivity index (χ0v) is 18.6. The van der Waals surface area contributed by atoms with E-state index >= 15 is 0 Å². The number of anilines is 1. The third kappa shape index (κ3) is 4.07. The van der Waals surface area contributed by atoms with Gasteiger partial charge in [0.05, 0.1) is 28.7 Å². The Morgan fingerprint density at radius 3 is 2.24 bits per heavy atom. The van der Waals surface area contributed by atoms with E-state index in [1.165, 1.54) is 6.20 Å². The highest BCUT2D eigenvalue weighted by atomic mass is 19.4. The first kappa shape index (κ1) is 23.1. The molecule has 0 amide bonds. The van der Waals surface area contributed by atoms with Gasteiger partial charge < -0.3 is 14.7 Å². The van der Waals surface area contributed by atoms with Gasteiger partial charge >= 0.3 is 6.18 Å². The van der Waals surface area contributed by atoms with Gasteiger partial charge in [-0.1, -0.05) is 0 Å². The highest BCUT2D eigenvalue weighted by Gasteiger charge is 2.40. The van der Waals surface area contributed by atoms with E-state index in [9.17, 15) is 27.1 Å². The highest BCUT2D eigenvalue weighted by Crippen LogP contribution is 2.39. The topological polar surface area (TPSA) is 76.3 Å². The Kier molecular flexibility index (Phi) is 5.08. The van der Waals surface area contributed by atoms with Crippen molar-refractivity contribution in [1.29, 1.82) is 0 Å². The number of rotatable bonds is 2. The molecule has 0 bridgehead atoms. The molecular weight excluding hydrogens is 449 g/mol. The van der Waals surface area contributed by atoms with Crippen molar-refractivity contribution in [3.8, 4) is 11.4 Å². The van der Waals surface area contributed by atoms with Gasteiger partial charge in [0.2, 0.25) is 5.95 Å². The molecule has 1 N–H and O–H groups in total. The Morgan fingerprint density at radius 2 is 1.67 bits per heavy atom. The van der Waals surface area contributed by atoms with Crippen molar-refractivity contribution in [1.82, 2.24) is 19.7 Å². The predicted octanol–water partition coefficient (Wildman–Crippen LogP) is 4.52. The number of ether oxygens (including phenoxy) is 1. The van der Waals surface area contributed by atoms with Crippen molar-refractivity contribution in [3.05, 3.63) is 35.2 Å². The fourth-order valence-corrected chi connectivity index (χ4v) is 4.27. The lowest BCUT2D eigenvalue weighted by Crippen LogP contribution is -2.57. The molecular formula is C21H22F5N5O2. The quantitative estimate of drug-likeness (QED) is 0.554. The first-order chi connectivity index (χ1) is 15.1. The van der Waals surface area contributed by atoms with Crippen molar-refractivity contribution in [2.75, 3.05) is 18.0 Å². The van der Waals surface area contributed by atoms with Gasteiger partial charge in [-0.25, -0.2) is 23.4 Å². The molecule has 1 fully saturated rings. The summed E-state index contributed by atoms with van der Waals surface area (Å²) in [5.74, 6) is -5.05. The van der Waals surface area contributed by atoms with Gasteiger partial charge in [0.1, 0.15) is 16.7 Å². The molecule has 3 aromatic rings. The van der Waals surface area contributed by atoms with Crippen LogP contribution in [0.3, 0.4) is 0 Å². The molecule has 178 valence electrons. The van der Waals surface area contributed by atoms with Crippen LogP contribution in [0.2, 0.25) is 0 Å². The van der Waals surface area contributed by atoms with E-state index < -0.39 is 46.0 Å². The van der Waals surface area contributed by atoms with Crippen LogP contribution >= 0.6 is 0 Å². The van der Waals surface area contributed by atoms with Crippen LogP contribution in [0.5, 0.6) is 5.75 Å². The largest absolute Gasteiger partial charge is 0.503 e. The van der Waals surface area contributed by atoms with E-state index in [0.29, 0.717) is 19.0 Å². The molecule has 1 aromatic carbocycles. The third-order valence-corrected chi connectivity index (χ3v) is 5.25. The minimum absolute atomic E-state index is 0.0982. The summed E-state index contributed by atoms with van der Waals surface area (Å²) in [6, 6.07) is 0.261. The van der Waals surface area contributed by atoms with Crippen molar-refractivity contribution < 1.29 is 31.8 Å². The van der Waals surface area contributed by atoms with Crippen LogP contribution in [0.1, 0.15) is 39.0 Å². The molecule has 4 rings (SSSR count). The predicted molar refractivity (Wildman–Crippen MR) is 109 cm³/mol. The Bertz CT molecular complexity index is 1240. The summed E-state index contributed by atoms with van der Waals surface area (Å²) in [6.45, 7) is 10.3. The molecule has 0 radical (unpaired) electrons. The number of alkyl halides is 3. The van der Waals surface area contributed by atoms with Crippen LogP contribution in [0.4, 0.5) is 27.9 Å². The lowest BCUT2D eigenvalue weighted by Gasteiger charge is -2.47. The van der Waals surface area contributed by atoms with Crippen LogP contribution in [0.15, 0.2) is 12.3 Å². The first-order valence-corrected chi connectivity index (χ1v) is 10.1. The number of halogens is 5. The van der Waals surface area contributed by atoms with E-state index in [2.05, 4.69) is 15.1 Å². The van der Waals surface area contributed by atoms with Crippen LogP contribution < -0.4 is 4.90 Å². The van der Waals surface area contributed by atoms with Gasteiger partial charge in [-0.15, -0.1) is 0 Å². The minimum Gasteiger partial charge on any atom is -0.503 e. The Labute approximate surface area is 185 Å². The molecule has 7 nitrogen and oxygen atoms in total. The molecule has 0 aliphatic carbocycles. The maximum atomic E-state index is 14.6. The van der Waals surface area contributed by atoms with Crippen LogP contribution in [-0.2, 0) is 10.9 Å². The smallest absolute Gasteiger partial charge is 0.419 e. The van der Waals surface area contributed by atoms with Crippen molar-refractivity contribution >= 4 is 17.0 Å². The van der Waals surface area contributed by atoms with Crippen molar-refractivity contribution in [2.24, 2.45) is 0 Å². The fourth-order valence-electron chi connectivity index (χ4n) is 4.27. The number of benzene rings is 1. The number of hydrogen-bond donors (Lipinski definition) is 1. The average molecular weight is 471 g/mol. The van der Waals surface area contributed by atoms with E-state index in [0.717, 1.165) is 4.68 Å². The molecule has 0 spiro atoms. The summed E-state index contributed by atoms with van der Waals surface area (Å²) in [7, 11) is 0. The second-order valence-electron chi connectivity index (χ2n) is 9.30. The molecule has 0 saturated carbocycles. The summed E-state index contributed by atoms with van der Waals surface area (Å²) in [4.78, 5) is 10.8. The molecule has 3 heterocycles. The molecule has 0 unspecified atom stereocenters. The standard InChI is InChI=1S/C21H22F5N5O2/c1-10-16-13(7-27-18(28-16)30-8-19(2,3)33-20(4,5)9-30)31(29-10)12-6-11(21(24,25)26)14(22)17(32)15(12)23/h6-7,32H,8-9H2,1-5H3.